The molecule has 1 heteroatoms. The van der Waals surface area contributed by atoms with Crippen molar-refractivity contribution >= 4 is 0 Å². The Hall–Kier alpha value is -0.480. The standard InChI is InChI=1S/C9H14O/c1-3-5-6-7-9-8(4-2)10-9/h2,8-9H,3,5-7H2,1H3/t8-,9-/m0/s1. The second-order valence-electron chi connectivity index (χ2n) is 2.76. The first-order valence-corrected chi connectivity index (χ1v) is 4.00. The number of unbranched alkanes of at least 4 members (excludes halogenated alkanes) is 2. The summed E-state index contributed by atoms with van der Waals surface area (Å²) >= 11 is 0. The maximum atomic E-state index is 5.18. The highest BCUT2D eigenvalue weighted by Gasteiger charge is 2.35. The molecule has 2 atom stereocenters. The molecule has 1 nitrogen and oxygen atoms in total. The Morgan fingerprint density at radius 3 is 2.80 bits per heavy atom. The Labute approximate surface area is 62.8 Å². The fourth-order valence-electron chi connectivity index (χ4n) is 1.10. The minimum absolute atomic E-state index is 0.150. The van der Waals surface area contributed by atoms with Crippen molar-refractivity contribution in [2.75, 3.05) is 0 Å². The summed E-state index contributed by atoms with van der Waals surface area (Å²) in [6.07, 6.45) is 10.7. The molecule has 0 aliphatic carbocycles. The van der Waals surface area contributed by atoms with E-state index >= 15 is 0 Å². The summed E-state index contributed by atoms with van der Waals surface area (Å²) < 4.78 is 5.18. The largest absolute Gasteiger partial charge is 0.356 e. The highest BCUT2D eigenvalue weighted by atomic mass is 16.6. The normalized spacial score (nSPS) is 29.6. The van der Waals surface area contributed by atoms with E-state index in [0.717, 1.165) is 6.42 Å². The van der Waals surface area contributed by atoms with Crippen molar-refractivity contribution in [2.45, 2.75) is 44.8 Å². The lowest BCUT2D eigenvalue weighted by Crippen LogP contribution is -1.89. The van der Waals surface area contributed by atoms with E-state index in [4.69, 9.17) is 11.2 Å². The summed E-state index contributed by atoms with van der Waals surface area (Å²) in [7, 11) is 0. The van der Waals surface area contributed by atoms with Crippen molar-refractivity contribution in [1.29, 1.82) is 0 Å². The van der Waals surface area contributed by atoms with Gasteiger partial charge in [-0.05, 0) is 6.42 Å². The molecule has 0 radical (unpaired) electrons. The predicted octanol–water partition coefficient (Wildman–Crippen LogP) is 1.97. The van der Waals surface area contributed by atoms with Gasteiger partial charge in [-0.25, -0.2) is 0 Å². The van der Waals surface area contributed by atoms with Crippen LogP contribution in [0.2, 0.25) is 0 Å². The van der Waals surface area contributed by atoms with Gasteiger partial charge in [-0.2, -0.15) is 0 Å². The maximum Gasteiger partial charge on any atom is 0.144 e. The van der Waals surface area contributed by atoms with Gasteiger partial charge in [0.1, 0.15) is 6.10 Å². The lowest BCUT2D eigenvalue weighted by Gasteiger charge is -1.91. The molecule has 10 heavy (non-hydrogen) atoms. The van der Waals surface area contributed by atoms with Gasteiger partial charge in [0.2, 0.25) is 0 Å². The van der Waals surface area contributed by atoms with E-state index in [1.165, 1.54) is 19.3 Å². The first-order chi connectivity index (χ1) is 4.88. The molecule has 0 saturated carbocycles. The Morgan fingerprint density at radius 2 is 2.30 bits per heavy atom. The van der Waals surface area contributed by atoms with Gasteiger partial charge in [-0.3, -0.25) is 0 Å². The smallest absolute Gasteiger partial charge is 0.144 e. The molecule has 0 bridgehead atoms. The minimum atomic E-state index is 0.150. The molecule has 1 saturated heterocycles. The summed E-state index contributed by atoms with van der Waals surface area (Å²) in [5.74, 6) is 2.59. The van der Waals surface area contributed by atoms with E-state index < -0.39 is 0 Å². The first kappa shape index (κ1) is 7.63. The Bertz CT molecular complexity index is 134. The molecule has 0 spiro atoms. The zero-order valence-corrected chi connectivity index (χ0v) is 6.47. The fourth-order valence-corrected chi connectivity index (χ4v) is 1.10. The summed E-state index contributed by atoms with van der Waals surface area (Å²) in [6, 6.07) is 0. The van der Waals surface area contributed by atoms with Crippen molar-refractivity contribution in [2.24, 2.45) is 0 Å². The molecule has 1 heterocycles. The van der Waals surface area contributed by atoms with Crippen LogP contribution in [-0.4, -0.2) is 12.2 Å². The predicted molar refractivity (Wildman–Crippen MR) is 41.6 cm³/mol. The molecule has 1 aliphatic rings. The van der Waals surface area contributed by atoms with Crippen LogP contribution in [-0.2, 0) is 4.74 Å². The summed E-state index contributed by atoms with van der Waals surface area (Å²) in [6.45, 7) is 2.20. The molecular formula is C9H14O. The second kappa shape index (κ2) is 3.63. The average Bonchev–Trinajstić information content (AvgIpc) is 2.68. The third-order valence-electron chi connectivity index (χ3n) is 1.84. The SMILES string of the molecule is C#C[C@@H]1O[C@H]1CCCCC. The molecule has 1 rings (SSSR count). The Balaban J connectivity index is 1.93. The molecule has 0 amide bonds. The minimum Gasteiger partial charge on any atom is -0.356 e. The summed E-state index contributed by atoms with van der Waals surface area (Å²) in [5, 5.41) is 0. The van der Waals surface area contributed by atoms with Crippen molar-refractivity contribution in [3.05, 3.63) is 0 Å². The van der Waals surface area contributed by atoms with Crippen LogP contribution < -0.4 is 0 Å². The number of epoxide rings is 1. The monoisotopic (exact) mass is 138 g/mol. The van der Waals surface area contributed by atoms with E-state index in [2.05, 4.69) is 12.8 Å². The van der Waals surface area contributed by atoms with Crippen molar-refractivity contribution in [3.8, 4) is 12.3 Å². The van der Waals surface area contributed by atoms with Crippen LogP contribution in [0, 0.1) is 12.3 Å². The second-order valence-corrected chi connectivity index (χ2v) is 2.76. The third-order valence-corrected chi connectivity index (χ3v) is 1.84. The third kappa shape index (κ3) is 2.04. The molecule has 1 fully saturated rings. The van der Waals surface area contributed by atoms with E-state index in [1.54, 1.807) is 0 Å². The first-order valence-electron chi connectivity index (χ1n) is 4.00. The van der Waals surface area contributed by atoms with Crippen LogP contribution in [0.15, 0.2) is 0 Å². The lowest BCUT2D eigenvalue weighted by molar-refractivity contribution is 0.376. The van der Waals surface area contributed by atoms with Crippen LogP contribution >= 0.6 is 0 Å². The molecule has 0 N–H and O–H groups in total. The lowest BCUT2D eigenvalue weighted by atomic mass is 10.1. The summed E-state index contributed by atoms with van der Waals surface area (Å²) in [4.78, 5) is 0. The van der Waals surface area contributed by atoms with Crippen LogP contribution in [0.3, 0.4) is 0 Å². The van der Waals surface area contributed by atoms with E-state index in [9.17, 15) is 0 Å². The van der Waals surface area contributed by atoms with Gasteiger partial charge in [0.25, 0.3) is 0 Å². The van der Waals surface area contributed by atoms with Crippen LogP contribution in [0.5, 0.6) is 0 Å². The number of terminal acetylenes is 1. The van der Waals surface area contributed by atoms with E-state index in [0.29, 0.717) is 6.10 Å². The zero-order chi connectivity index (χ0) is 7.40. The zero-order valence-electron chi connectivity index (χ0n) is 6.47. The average molecular weight is 138 g/mol. The molecular weight excluding hydrogens is 124 g/mol. The van der Waals surface area contributed by atoms with Crippen molar-refractivity contribution in [1.82, 2.24) is 0 Å². The van der Waals surface area contributed by atoms with E-state index in [1.807, 2.05) is 0 Å². The quantitative estimate of drug-likeness (QED) is 0.329. The highest BCUT2D eigenvalue weighted by Crippen LogP contribution is 2.26. The fraction of sp³-hybridized carbons (Fsp3) is 0.778. The van der Waals surface area contributed by atoms with Gasteiger partial charge in [-0.15, -0.1) is 6.42 Å². The van der Waals surface area contributed by atoms with Crippen LogP contribution in [0.4, 0.5) is 0 Å². The number of rotatable bonds is 4. The van der Waals surface area contributed by atoms with Crippen LogP contribution in [0.25, 0.3) is 0 Å². The number of hydrogen-bond acceptors (Lipinski definition) is 1. The summed E-state index contributed by atoms with van der Waals surface area (Å²) in [5.41, 5.74) is 0. The molecule has 0 aromatic carbocycles. The van der Waals surface area contributed by atoms with Gasteiger partial charge in [-0.1, -0.05) is 32.1 Å². The molecule has 1 aliphatic heterocycles. The number of hydrogen-bond donors (Lipinski definition) is 0. The van der Waals surface area contributed by atoms with Gasteiger partial charge in [0, 0.05) is 0 Å². The molecule has 0 aromatic rings. The van der Waals surface area contributed by atoms with Gasteiger partial charge >= 0.3 is 0 Å². The highest BCUT2D eigenvalue weighted by molar-refractivity contribution is 5.07. The molecule has 0 aromatic heterocycles. The Kier molecular flexibility index (Phi) is 2.77. The van der Waals surface area contributed by atoms with Crippen molar-refractivity contribution < 1.29 is 4.74 Å². The topological polar surface area (TPSA) is 12.5 Å². The van der Waals surface area contributed by atoms with Crippen LogP contribution in [0.1, 0.15) is 32.6 Å². The molecule has 0 unspecified atom stereocenters. The van der Waals surface area contributed by atoms with Gasteiger partial charge < -0.3 is 4.74 Å². The Morgan fingerprint density at radius 1 is 1.50 bits per heavy atom. The van der Waals surface area contributed by atoms with Crippen molar-refractivity contribution in [3.63, 3.8) is 0 Å². The molecule has 56 valence electrons. The maximum absolute atomic E-state index is 5.18. The number of ether oxygens (including phenoxy) is 1. The van der Waals surface area contributed by atoms with E-state index in [-0.39, 0.29) is 6.10 Å². The van der Waals surface area contributed by atoms with Gasteiger partial charge in [0.05, 0.1) is 6.10 Å². The van der Waals surface area contributed by atoms with Gasteiger partial charge in [0.15, 0.2) is 0 Å².